The monoisotopic (exact) mass is 461 g/mol. The molecule has 0 saturated heterocycles. The van der Waals surface area contributed by atoms with Crippen LogP contribution in [0, 0.1) is 13.8 Å². The van der Waals surface area contributed by atoms with Crippen molar-refractivity contribution in [2.75, 3.05) is 6.61 Å². The molecule has 1 heterocycles. The minimum Gasteiger partial charge on any atom is -0.494 e. The highest BCUT2D eigenvalue weighted by atomic mass is 35.5. The molecule has 3 aromatic carbocycles. The summed E-state index contributed by atoms with van der Waals surface area (Å²) in [5.74, 6) is 1.54. The van der Waals surface area contributed by atoms with Crippen molar-refractivity contribution >= 4 is 28.5 Å². The first-order valence-corrected chi connectivity index (χ1v) is 11.5. The number of rotatable bonds is 8. The SMILES string of the molecule is Cc1ccc(C(=O)NC(C)c2nc3ccccc3n2CCCOc2ccc(Cl)c(C)c2)cc1. The van der Waals surface area contributed by atoms with Crippen LogP contribution in [0.3, 0.4) is 0 Å². The second-order valence-corrected chi connectivity index (χ2v) is 8.69. The third-order valence-corrected chi connectivity index (χ3v) is 6.08. The van der Waals surface area contributed by atoms with Gasteiger partial charge in [-0.2, -0.15) is 0 Å². The topological polar surface area (TPSA) is 56.2 Å². The van der Waals surface area contributed by atoms with Crippen molar-refractivity contribution in [1.29, 1.82) is 0 Å². The number of halogens is 1. The number of carbonyl (C=O) groups excluding carboxylic acids is 1. The lowest BCUT2D eigenvalue weighted by Crippen LogP contribution is -2.28. The predicted octanol–water partition coefficient (Wildman–Crippen LogP) is 6.27. The number of amides is 1. The number of benzene rings is 3. The number of para-hydroxylation sites is 2. The number of imidazole rings is 1. The summed E-state index contributed by atoms with van der Waals surface area (Å²) >= 11 is 6.10. The summed E-state index contributed by atoms with van der Waals surface area (Å²) in [5, 5.41) is 3.83. The molecule has 0 aliphatic heterocycles. The quantitative estimate of drug-likeness (QED) is 0.315. The van der Waals surface area contributed by atoms with Crippen LogP contribution in [0.4, 0.5) is 0 Å². The molecule has 1 N–H and O–H groups in total. The summed E-state index contributed by atoms with van der Waals surface area (Å²) in [6, 6.07) is 21.1. The van der Waals surface area contributed by atoms with Gasteiger partial charge in [-0.25, -0.2) is 4.98 Å². The number of nitrogens with one attached hydrogen (secondary N) is 1. The Morgan fingerprint density at radius 3 is 2.61 bits per heavy atom. The number of hydrogen-bond acceptors (Lipinski definition) is 3. The zero-order valence-electron chi connectivity index (χ0n) is 19.1. The van der Waals surface area contributed by atoms with Gasteiger partial charge in [-0.15, -0.1) is 0 Å². The highest BCUT2D eigenvalue weighted by Gasteiger charge is 2.19. The first kappa shape index (κ1) is 22.9. The van der Waals surface area contributed by atoms with Gasteiger partial charge in [0, 0.05) is 17.1 Å². The summed E-state index contributed by atoms with van der Waals surface area (Å²) in [4.78, 5) is 17.6. The molecule has 170 valence electrons. The van der Waals surface area contributed by atoms with Gasteiger partial charge in [-0.1, -0.05) is 41.4 Å². The van der Waals surface area contributed by atoms with Crippen LogP contribution in [-0.4, -0.2) is 22.1 Å². The molecule has 0 aliphatic rings. The fraction of sp³-hybridized carbons (Fsp3) is 0.259. The van der Waals surface area contributed by atoms with Gasteiger partial charge in [0.1, 0.15) is 11.6 Å². The van der Waals surface area contributed by atoms with Gasteiger partial charge in [0.05, 0.1) is 23.7 Å². The molecule has 1 atom stereocenters. The molecular weight excluding hydrogens is 434 g/mol. The Bertz CT molecular complexity index is 1260. The van der Waals surface area contributed by atoms with Gasteiger partial charge in [0.15, 0.2) is 0 Å². The number of ether oxygens (including phenoxy) is 1. The van der Waals surface area contributed by atoms with E-state index < -0.39 is 0 Å². The van der Waals surface area contributed by atoms with E-state index in [0.717, 1.165) is 51.7 Å². The fourth-order valence-corrected chi connectivity index (χ4v) is 3.95. The van der Waals surface area contributed by atoms with Crippen LogP contribution < -0.4 is 10.1 Å². The number of aromatic nitrogens is 2. The average Bonchev–Trinajstić information content (AvgIpc) is 3.18. The Hall–Kier alpha value is -3.31. The largest absolute Gasteiger partial charge is 0.494 e. The van der Waals surface area contributed by atoms with Crippen molar-refractivity contribution in [3.63, 3.8) is 0 Å². The number of fused-ring (bicyclic) bond motifs is 1. The molecule has 0 spiro atoms. The highest BCUT2D eigenvalue weighted by Crippen LogP contribution is 2.23. The lowest BCUT2D eigenvalue weighted by Gasteiger charge is -2.17. The molecule has 0 fully saturated rings. The third kappa shape index (κ3) is 5.37. The smallest absolute Gasteiger partial charge is 0.251 e. The number of aryl methyl sites for hydroxylation is 3. The van der Waals surface area contributed by atoms with Crippen molar-refractivity contribution in [2.45, 2.75) is 39.8 Å². The van der Waals surface area contributed by atoms with Crippen LogP contribution in [0.2, 0.25) is 5.02 Å². The Morgan fingerprint density at radius 2 is 1.85 bits per heavy atom. The maximum absolute atomic E-state index is 12.8. The zero-order valence-corrected chi connectivity index (χ0v) is 19.9. The number of hydrogen-bond donors (Lipinski definition) is 1. The summed E-state index contributed by atoms with van der Waals surface area (Å²) in [6.45, 7) is 7.23. The van der Waals surface area contributed by atoms with E-state index in [0.29, 0.717) is 12.2 Å². The van der Waals surface area contributed by atoms with E-state index in [4.69, 9.17) is 21.3 Å². The van der Waals surface area contributed by atoms with Gasteiger partial charge in [-0.05, 0) is 75.2 Å². The molecule has 1 unspecified atom stereocenters. The van der Waals surface area contributed by atoms with E-state index in [2.05, 4.69) is 16.0 Å². The highest BCUT2D eigenvalue weighted by molar-refractivity contribution is 6.31. The molecule has 4 aromatic rings. The second-order valence-electron chi connectivity index (χ2n) is 8.28. The number of nitrogens with zero attached hydrogens (tertiary/aromatic N) is 2. The van der Waals surface area contributed by atoms with Crippen LogP contribution >= 0.6 is 11.6 Å². The van der Waals surface area contributed by atoms with Crippen LogP contribution in [0.1, 0.15) is 46.7 Å². The molecule has 6 heteroatoms. The molecule has 0 bridgehead atoms. The van der Waals surface area contributed by atoms with Crippen LogP contribution in [0.5, 0.6) is 5.75 Å². The lowest BCUT2D eigenvalue weighted by atomic mass is 10.1. The Kier molecular flexibility index (Phi) is 6.99. The summed E-state index contributed by atoms with van der Waals surface area (Å²) < 4.78 is 8.09. The van der Waals surface area contributed by atoms with Crippen LogP contribution in [0.25, 0.3) is 11.0 Å². The minimum absolute atomic E-state index is 0.109. The summed E-state index contributed by atoms with van der Waals surface area (Å²) in [7, 11) is 0. The molecule has 0 aliphatic carbocycles. The maximum atomic E-state index is 12.8. The Labute approximate surface area is 199 Å². The summed E-state index contributed by atoms with van der Waals surface area (Å²) in [6.07, 6.45) is 0.799. The van der Waals surface area contributed by atoms with Gasteiger partial charge in [-0.3, -0.25) is 4.79 Å². The molecule has 33 heavy (non-hydrogen) atoms. The van der Waals surface area contributed by atoms with E-state index >= 15 is 0 Å². The molecule has 4 rings (SSSR count). The number of carbonyl (C=O) groups is 1. The van der Waals surface area contributed by atoms with Gasteiger partial charge < -0.3 is 14.6 Å². The normalized spacial score (nSPS) is 12.0. The van der Waals surface area contributed by atoms with Crippen molar-refractivity contribution in [3.05, 3.63) is 94.3 Å². The van der Waals surface area contributed by atoms with Crippen molar-refractivity contribution in [1.82, 2.24) is 14.9 Å². The average molecular weight is 462 g/mol. The van der Waals surface area contributed by atoms with Crippen LogP contribution in [-0.2, 0) is 6.54 Å². The summed E-state index contributed by atoms with van der Waals surface area (Å²) in [5.41, 5.74) is 4.72. The lowest BCUT2D eigenvalue weighted by molar-refractivity contribution is 0.0937. The zero-order chi connectivity index (χ0) is 23.4. The first-order valence-electron chi connectivity index (χ1n) is 11.1. The van der Waals surface area contributed by atoms with Crippen LogP contribution in [0.15, 0.2) is 66.7 Å². The molecule has 5 nitrogen and oxygen atoms in total. The van der Waals surface area contributed by atoms with Crippen molar-refractivity contribution in [3.8, 4) is 5.75 Å². The van der Waals surface area contributed by atoms with E-state index in [9.17, 15) is 4.79 Å². The Morgan fingerprint density at radius 1 is 1.09 bits per heavy atom. The van der Waals surface area contributed by atoms with E-state index in [-0.39, 0.29) is 11.9 Å². The van der Waals surface area contributed by atoms with Crippen molar-refractivity contribution < 1.29 is 9.53 Å². The second kappa shape index (κ2) is 10.1. The van der Waals surface area contributed by atoms with Gasteiger partial charge >= 0.3 is 0 Å². The molecule has 0 radical (unpaired) electrons. The fourth-order valence-electron chi connectivity index (χ4n) is 3.83. The molecule has 1 aromatic heterocycles. The first-order chi connectivity index (χ1) is 15.9. The van der Waals surface area contributed by atoms with E-state index in [1.165, 1.54) is 0 Å². The predicted molar refractivity (Wildman–Crippen MR) is 133 cm³/mol. The molecule has 1 amide bonds. The van der Waals surface area contributed by atoms with E-state index in [1.54, 1.807) is 0 Å². The van der Waals surface area contributed by atoms with Crippen molar-refractivity contribution in [2.24, 2.45) is 0 Å². The minimum atomic E-state index is -0.244. The Balaban J connectivity index is 1.47. The third-order valence-electron chi connectivity index (χ3n) is 5.66. The molecule has 0 saturated carbocycles. The van der Waals surface area contributed by atoms with Gasteiger partial charge in [0.2, 0.25) is 0 Å². The molecular formula is C27H28ClN3O2. The van der Waals surface area contributed by atoms with Gasteiger partial charge in [0.25, 0.3) is 5.91 Å². The maximum Gasteiger partial charge on any atom is 0.251 e. The standard InChI is InChI=1S/C27H28ClN3O2/c1-18-9-11-21(12-10-18)27(32)29-20(3)26-30-24-7-4-5-8-25(24)31(26)15-6-16-33-22-13-14-23(28)19(2)17-22/h4-5,7-14,17,20H,6,15-16H2,1-3H3,(H,29,32). The van der Waals surface area contributed by atoms with E-state index in [1.807, 2.05) is 81.4 Å².